The lowest BCUT2D eigenvalue weighted by Crippen LogP contribution is -2.30. The Kier molecular flexibility index (Phi) is 75.0. The zero-order chi connectivity index (χ0) is 76.4. The van der Waals surface area contributed by atoms with Crippen LogP contribution in [0.2, 0.25) is 0 Å². The number of phosphoric ester groups is 2. The molecule has 0 rings (SSSR count). The van der Waals surface area contributed by atoms with Crippen LogP contribution in [0.5, 0.6) is 0 Å². The molecule has 19 heteroatoms. The van der Waals surface area contributed by atoms with E-state index in [1.165, 1.54) is 263 Å². The minimum absolute atomic E-state index is 0.108. The molecule has 0 heterocycles. The lowest BCUT2D eigenvalue weighted by molar-refractivity contribution is -0.161. The maximum absolute atomic E-state index is 13.1. The summed E-state index contributed by atoms with van der Waals surface area (Å²) in [5, 5.41) is 10.7. The largest absolute Gasteiger partial charge is 0.472 e. The molecular weight excluding hydrogens is 1350 g/mol. The SMILES string of the molecule is CCCCCCCCCCCCCCCCCCCCCCC(=O)O[C@H](COC(=O)CCCCCCCCCCCCCCCCC(C)CC)COP(=O)(O)OC[C@@H](O)COP(=O)(O)OC[C@@H](COC(=O)CCCCCCCCC(C)CC)OC(=O)CCCCCCCCCCCCCCCCCC. The van der Waals surface area contributed by atoms with Crippen LogP contribution in [0.4, 0.5) is 0 Å². The molecular formula is C85H166O17P2. The second-order valence-corrected chi connectivity index (χ2v) is 34.0. The number of esters is 4. The predicted molar refractivity (Wildman–Crippen MR) is 428 cm³/mol. The standard InChI is InChI=1S/C85H166O17P2/c1-7-11-13-15-17-19-21-23-25-27-28-29-30-32-38-42-46-50-58-64-69-84(89)101-80(73-95-82(87)67-61-55-48-44-40-36-34-33-35-39-43-47-53-59-65-77(5)9-3)75-99-103(91,92)97-71-79(86)72-98-104(93,94)100-76-81(74-96-83(88)68-62-56-52-51-54-60-66-78(6)10-4)102-85(90)70-63-57-49-45-41-37-31-26-24-22-20-18-16-14-12-8-2/h77-81,86H,7-76H2,1-6H3,(H,91,92)(H,93,94)/t77?,78?,79-,80-,81-/m1/s1. The van der Waals surface area contributed by atoms with Crippen molar-refractivity contribution in [1.29, 1.82) is 0 Å². The number of phosphoric acid groups is 2. The summed E-state index contributed by atoms with van der Waals surface area (Å²) in [6, 6.07) is 0. The number of carbonyl (C=O) groups is 4. The maximum atomic E-state index is 13.1. The van der Waals surface area contributed by atoms with E-state index in [0.29, 0.717) is 25.7 Å². The Labute approximate surface area is 638 Å². The van der Waals surface area contributed by atoms with Crippen LogP contribution < -0.4 is 0 Å². The van der Waals surface area contributed by atoms with Crippen LogP contribution in [-0.4, -0.2) is 96.7 Å². The van der Waals surface area contributed by atoms with Gasteiger partial charge >= 0.3 is 39.5 Å². The van der Waals surface area contributed by atoms with E-state index in [1.54, 1.807) is 0 Å². The first kappa shape index (κ1) is 102. The molecule has 0 saturated heterocycles. The summed E-state index contributed by atoms with van der Waals surface area (Å²) in [7, 11) is -9.93. The average molecular weight is 1520 g/mol. The van der Waals surface area contributed by atoms with Gasteiger partial charge in [0, 0.05) is 25.7 Å². The van der Waals surface area contributed by atoms with Gasteiger partial charge in [-0.15, -0.1) is 0 Å². The molecule has 0 fully saturated rings. The highest BCUT2D eigenvalue weighted by molar-refractivity contribution is 7.47. The van der Waals surface area contributed by atoms with E-state index in [1.807, 2.05) is 0 Å². The number of carbonyl (C=O) groups excluding carboxylic acids is 4. The Morgan fingerprint density at radius 2 is 0.462 bits per heavy atom. The predicted octanol–water partition coefficient (Wildman–Crippen LogP) is 25.8. The Bertz CT molecular complexity index is 2000. The average Bonchev–Trinajstić information content (AvgIpc) is 0.913. The number of rotatable bonds is 84. The summed E-state index contributed by atoms with van der Waals surface area (Å²) in [6.07, 6.45) is 68.0. The first-order valence-corrected chi connectivity index (χ1v) is 47.1. The summed E-state index contributed by atoms with van der Waals surface area (Å²) >= 11 is 0. The van der Waals surface area contributed by atoms with E-state index in [2.05, 4.69) is 41.5 Å². The van der Waals surface area contributed by atoms with E-state index < -0.39 is 97.5 Å². The highest BCUT2D eigenvalue weighted by Crippen LogP contribution is 2.45. The van der Waals surface area contributed by atoms with Gasteiger partial charge in [-0.3, -0.25) is 37.3 Å². The van der Waals surface area contributed by atoms with Crippen LogP contribution in [0.15, 0.2) is 0 Å². The fraction of sp³-hybridized carbons (Fsp3) is 0.953. The minimum Gasteiger partial charge on any atom is -0.462 e. The molecule has 0 aromatic carbocycles. The van der Waals surface area contributed by atoms with Gasteiger partial charge in [0.15, 0.2) is 12.2 Å². The van der Waals surface area contributed by atoms with Crippen molar-refractivity contribution in [2.24, 2.45) is 11.8 Å². The van der Waals surface area contributed by atoms with Crippen LogP contribution in [0.25, 0.3) is 0 Å². The van der Waals surface area contributed by atoms with Crippen LogP contribution in [0.1, 0.15) is 452 Å². The van der Waals surface area contributed by atoms with Crippen LogP contribution in [0.3, 0.4) is 0 Å². The highest BCUT2D eigenvalue weighted by atomic mass is 31.2. The molecule has 0 aliphatic rings. The monoisotopic (exact) mass is 1520 g/mol. The first-order chi connectivity index (χ1) is 50.4. The molecule has 0 saturated carbocycles. The van der Waals surface area contributed by atoms with E-state index in [-0.39, 0.29) is 25.7 Å². The minimum atomic E-state index is -4.97. The van der Waals surface area contributed by atoms with Crippen molar-refractivity contribution in [2.45, 2.75) is 471 Å². The molecule has 0 aliphatic heterocycles. The van der Waals surface area contributed by atoms with Gasteiger partial charge in [-0.1, -0.05) is 401 Å². The van der Waals surface area contributed by atoms with Gasteiger partial charge in [0.05, 0.1) is 26.4 Å². The summed E-state index contributed by atoms with van der Waals surface area (Å²) in [5.41, 5.74) is 0. The van der Waals surface area contributed by atoms with E-state index >= 15 is 0 Å². The Balaban J connectivity index is 5.24. The molecule has 0 amide bonds. The van der Waals surface area contributed by atoms with Gasteiger partial charge in [-0.25, -0.2) is 9.13 Å². The number of ether oxygens (including phenoxy) is 4. The lowest BCUT2D eigenvalue weighted by atomic mass is 9.99. The van der Waals surface area contributed by atoms with Crippen molar-refractivity contribution in [3.8, 4) is 0 Å². The van der Waals surface area contributed by atoms with E-state index in [9.17, 15) is 43.2 Å². The number of unbranched alkanes of at least 4 members (excludes halogenated alkanes) is 52. The smallest absolute Gasteiger partial charge is 0.462 e. The van der Waals surface area contributed by atoms with Crippen molar-refractivity contribution in [2.75, 3.05) is 39.6 Å². The first-order valence-electron chi connectivity index (χ1n) is 44.1. The van der Waals surface area contributed by atoms with E-state index in [0.717, 1.165) is 108 Å². The Hall–Kier alpha value is -1.94. The normalized spacial score (nSPS) is 14.4. The molecule has 0 radical (unpaired) electrons. The number of hydrogen-bond acceptors (Lipinski definition) is 15. The summed E-state index contributed by atoms with van der Waals surface area (Å²) in [5.74, 6) is -0.523. The quantitative estimate of drug-likeness (QED) is 0.0222. The molecule has 4 unspecified atom stereocenters. The van der Waals surface area contributed by atoms with Crippen molar-refractivity contribution in [3.05, 3.63) is 0 Å². The molecule has 17 nitrogen and oxygen atoms in total. The Morgan fingerprint density at radius 1 is 0.269 bits per heavy atom. The third-order valence-corrected chi connectivity index (χ3v) is 22.6. The summed E-state index contributed by atoms with van der Waals surface area (Å²) < 4.78 is 68.9. The van der Waals surface area contributed by atoms with Crippen molar-refractivity contribution >= 4 is 39.5 Å². The molecule has 0 aliphatic carbocycles. The Morgan fingerprint density at radius 3 is 0.683 bits per heavy atom. The summed E-state index contributed by atoms with van der Waals surface area (Å²) in [4.78, 5) is 73.2. The van der Waals surface area contributed by atoms with Gasteiger partial charge < -0.3 is 33.8 Å². The highest BCUT2D eigenvalue weighted by Gasteiger charge is 2.30. The molecule has 0 aromatic rings. The van der Waals surface area contributed by atoms with Crippen molar-refractivity contribution in [3.63, 3.8) is 0 Å². The third kappa shape index (κ3) is 75.5. The van der Waals surface area contributed by atoms with Crippen LogP contribution in [-0.2, 0) is 65.4 Å². The third-order valence-electron chi connectivity index (χ3n) is 20.7. The van der Waals surface area contributed by atoms with Gasteiger partial charge in [0.1, 0.15) is 19.3 Å². The number of aliphatic hydroxyl groups is 1. The van der Waals surface area contributed by atoms with Gasteiger partial charge in [0.25, 0.3) is 0 Å². The number of aliphatic hydroxyl groups excluding tert-OH is 1. The topological polar surface area (TPSA) is 237 Å². The maximum Gasteiger partial charge on any atom is 0.472 e. The van der Waals surface area contributed by atoms with Crippen LogP contribution in [0, 0.1) is 11.8 Å². The van der Waals surface area contributed by atoms with Gasteiger partial charge in [0.2, 0.25) is 0 Å². The van der Waals surface area contributed by atoms with Gasteiger partial charge in [-0.2, -0.15) is 0 Å². The molecule has 0 aromatic heterocycles. The second kappa shape index (κ2) is 76.4. The van der Waals surface area contributed by atoms with Crippen LogP contribution >= 0.6 is 15.6 Å². The second-order valence-electron chi connectivity index (χ2n) is 31.1. The van der Waals surface area contributed by atoms with Gasteiger partial charge in [-0.05, 0) is 37.5 Å². The molecule has 618 valence electrons. The molecule has 0 bridgehead atoms. The molecule has 3 N–H and O–H groups in total. The summed E-state index contributed by atoms with van der Waals surface area (Å²) in [6.45, 7) is 9.68. The zero-order valence-corrected chi connectivity index (χ0v) is 70.1. The molecule has 7 atom stereocenters. The zero-order valence-electron chi connectivity index (χ0n) is 68.3. The number of hydrogen-bond donors (Lipinski definition) is 3. The van der Waals surface area contributed by atoms with E-state index in [4.69, 9.17) is 37.0 Å². The van der Waals surface area contributed by atoms with Crippen molar-refractivity contribution in [1.82, 2.24) is 0 Å². The fourth-order valence-electron chi connectivity index (χ4n) is 13.2. The fourth-order valence-corrected chi connectivity index (χ4v) is 14.8. The molecule has 0 spiro atoms. The van der Waals surface area contributed by atoms with Crippen molar-refractivity contribution < 1.29 is 80.2 Å². The molecule has 104 heavy (non-hydrogen) atoms. The lowest BCUT2D eigenvalue weighted by Gasteiger charge is -2.21.